The quantitative estimate of drug-likeness (QED) is 0.839. The first kappa shape index (κ1) is 17.2. The first-order valence-corrected chi connectivity index (χ1v) is 7.46. The molecule has 1 heterocycles. The van der Waals surface area contributed by atoms with Crippen LogP contribution in [0.25, 0.3) is 11.0 Å². The number of rotatable bonds is 6. The molecule has 2 rings (SSSR count). The number of nitrogen functional groups attached to an aromatic ring is 1. The van der Waals surface area contributed by atoms with Gasteiger partial charge in [0.1, 0.15) is 6.61 Å². The number of aliphatic hydroxyl groups is 1. The number of aryl methyl sites for hydroxylation is 1. The van der Waals surface area contributed by atoms with Crippen molar-refractivity contribution >= 4 is 28.6 Å². The lowest BCUT2D eigenvalue weighted by Crippen LogP contribution is -2.29. The predicted octanol–water partition coefficient (Wildman–Crippen LogP) is 1.39. The van der Waals surface area contributed by atoms with Gasteiger partial charge in [0.2, 0.25) is 5.95 Å². The van der Waals surface area contributed by atoms with Crippen LogP contribution in [0.2, 0.25) is 0 Å². The van der Waals surface area contributed by atoms with E-state index in [0.29, 0.717) is 24.4 Å². The van der Waals surface area contributed by atoms with E-state index >= 15 is 0 Å². The van der Waals surface area contributed by atoms with Crippen LogP contribution < -0.4 is 10.6 Å². The summed E-state index contributed by atoms with van der Waals surface area (Å²) in [7, 11) is 3.18. The van der Waals surface area contributed by atoms with E-state index in [0.717, 1.165) is 11.2 Å². The van der Waals surface area contributed by atoms with Gasteiger partial charge in [-0.05, 0) is 38.5 Å². The van der Waals surface area contributed by atoms with E-state index in [1.165, 1.54) is 12.0 Å². The lowest BCUT2D eigenvalue weighted by atomic mass is 10.1. The summed E-state index contributed by atoms with van der Waals surface area (Å²) in [5, 5.41) is 9.88. The molecule has 23 heavy (non-hydrogen) atoms. The molecule has 7 heteroatoms. The smallest absolute Gasteiger partial charge is 0.252 e. The van der Waals surface area contributed by atoms with Crippen molar-refractivity contribution in [3.63, 3.8) is 0 Å². The molecular formula is C16H24N4O3. The number of carbonyl (C=O) groups excluding carboxylic acids is 1. The van der Waals surface area contributed by atoms with Crippen LogP contribution in [0, 0.1) is 0 Å². The molecule has 0 aliphatic heterocycles. The minimum Gasteiger partial charge on any atom is -0.390 e. The highest BCUT2D eigenvalue weighted by molar-refractivity contribution is 5.95. The topological polar surface area (TPSA) is 93.6 Å². The molecule has 0 saturated carbocycles. The minimum absolute atomic E-state index is 0.0245. The lowest BCUT2D eigenvalue weighted by molar-refractivity contribution is -0.121. The second-order valence-corrected chi connectivity index (χ2v) is 6.24. The number of imidazole rings is 1. The Morgan fingerprint density at radius 1 is 1.48 bits per heavy atom. The Hall–Kier alpha value is -2.12. The summed E-state index contributed by atoms with van der Waals surface area (Å²) >= 11 is 0. The van der Waals surface area contributed by atoms with Crippen LogP contribution in [0.5, 0.6) is 0 Å². The third-order valence-corrected chi connectivity index (χ3v) is 3.74. The van der Waals surface area contributed by atoms with Crippen molar-refractivity contribution in [2.75, 3.05) is 31.4 Å². The van der Waals surface area contributed by atoms with Gasteiger partial charge < -0.3 is 25.0 Å². The number of likely N-dealkylation sites (N-methyl/N-ethyl adjacent to an activating group) is 1. The lowest BCUT2D eigenvalue weighted by Gasteiger charge is -2.18. The fourth-order valence-electron chi connectivity index (χ4n) is 2.33. The maximum absolute atomic E-state index is 11.9. The first-order chi connectivity index (χ1) is 10.7. The van der Waals surface area contributed by atoms with E-state index < -0.39 is 5.60 Å². The number of hydrogen-bond acceptors (Lipinski definition) is 5. The zero-order valence-corrected chi connectivity index (χ0v) is 14.0. The predicted molar refractivity (Wildman–Crippen MR) is 90.3 cm³/mol. The zero-order chi connectivity index (χ0) is 17.2. The highest BCUT2D eigenvalue weighted by atomic mass is 16.5. The van der Waals surface area contributed by atoms with E-state index in [1.54, 1.807) is 20.9 Å². The number of ether oxygens (including phenoxy) is 1. The molecule has 0 aliphatic carbocycles. The molecule has 7 nitrogen and oxygen atoms in total. The molecule has 0 radical (unpaired) electrons. The number of anilines is 2. The van der Waals surface area contributed by atoms with E-state index in [9.17, 15) is 9.90 Å². The number of hydrogen-bond donors (Lipinski definition) is 2. The SMILES string of the molecule is COCC(=O)N(C)c1ccc2c(c1)nc(N)n2CCC(C)(C)O. The Morgan fingerprint density at radius 2 is 2.17 bits per heavy atom. The Bertz CT molecular complexity index is 703. The second kappa shape index (κ2) is 6.55. The number of nitrogens with two attached hydrogens (primary N) is 1. The number of aromatic nitrogens is 2. The molecule has 126 valence electrons. The largest absolute Gasteiger partial charge is 0.390 e. The van der Waals surface area contributed by atoms with Crippen molar-refractivity contribution in [2.24, 2.45) is 0 Å². The summed E-state index contributed by atoms with van der Waals surface area (Å²) in [4.78, 5) is 17.8. The summed E-state index contributed by atoms with van der Waals surface area (Å²) < 4.78 is 6.74. The van der Waals surface area contributed by atoms with Gasteiger partial charge in [-0.15, -0.1) is 0 Å². The van der Waals surface area contributed by atoms with Crippen molar-refractivity contribution in [1.82, 2.24) is 9.55 Å². The van der Waals surface area contributed by atoms with E-state index in [2.05, 4.69) is 4.98 Å². The van der Waals surface area contributed by atoms with Gasteiger partial charge in [-0.3, -0.25) is 4.79 Å². The Balaban J connectivity index is 2.30. The Kier molecular flexibility index (Phi) is 4.91. The van der Waals surface area contributed by atoms with Crippen LogP contribution in [0.1, 0.15) is 20.3 Å². The molecule has 0 bridgehead atoms. The molecular weight excluding hydrogens is 296 g/mol. The Labute approximate surface area is 135 Å². The third-order valence-electron chi connectivity index (χ3n) is 3.74. The molecule has 0 saturated heterocycles. The highest BCUT2D eigenvalue weighted by Crippen LogP contribution is 2.25. The van der Waals surface area contributed by atoms with Crippen molar-refractivity contribution < 1.29 is 14.6 Å². The van der Waals surface area contributed by atoms with Gasteiger partial charge in [-0.1, -0.05) is 0 Å². The number of carbonyl (C=O) groups is 1. The van der Waals surface area contributed by atoms with E-state index in [1.807, 2.05) is 22.8 Å². The molecule has 1 amide bonds. The van der Waals surface area contributed by atoms with Crippen molar-refractivity contribution in [3.05, 3.63) is 18.2 Å². The summed E-state index contributed by atoms with van der Waals surface area (Å²) in [6, 6.07) is 5.55. The van der Waals surface area contributed by atoms with Crippen LogP contribution >= 0.6 is 0 Å². The number of amides is 1. The molecule has 0 spiro atoms. The van der Waals surface area contributed by atoms with Gasteiger partial charge in [0.05, 0.1) is 16.6 Å². The number of nitrogens with zero attached hydrogens (tertiary/aromatic N) is 3. The second-order valence-electron chi connectivity index (χ2n) is 6.24. The molecule has 0 atom stereocenters. The number of fused-ring (bicyclic) bond motifs is 1. The molecule has 1 aromatic heterocycles. The monoisotopic (exact) mass is 320 g/mol. The van der Waals surface area contributed by atoms with Crippen LogP contribution in [0.3, 0.4) is 0 Å². The maximum Gasteiger partial charge on any atom is 0.252 e. The Morgan fingerprint density at radius 3 is 2.78 bits per heavy atom. The maximum atomic E-state index is 11.9. The molecule has 1 aromatic carbocycles. The average Bonchev–Trinajstić information content (AvgIpc) is 2.78. The third kappa shape index (κ3) is 4.00. The van der Waals surface area contributed by atoms with E-state index in [4.69, 9.17) is 10.5 Å². The van der Waals surface area contributed by atoms with Crippen molar-refractivity contribution in [3.8, 4) is 0 Å². The number of methoxy groups -OCH3 is 1. The summed E-state index contributed by atoms with van der Waals surface area (Å²) in [5.41, 5.74) is 7.54. The average molecular weight is 320 g/mol. The normalized spacial score (nSPS) is 11.9. The molecule has 0 fully saturated rings. The van der Waals surface area contributed by atoms with Crippen LogP contribution in [0.15, 0.2) is 18.2 Å². The highest BCUT2D eigenvalue weighted by Gasteiger charge is 2.17. The van der Waals surface area contributed by atoms with E-state index in [-0.39, 0.29) is 12.5 Å². The minimum atomic E-state index is -0.768. The number of benzene rings is 1. The summed E-state index contributed by atoms with van der Waals surface area (Å²) in [6.07, 6.45) is 0.566. The van der Waals surface area contributed by atoms with Crippen molar-refractivity contribution in [1.29, 1.82) is 0 Å². The van der Waals surface area contributed by atoms with Gasteiger partial charge in [-0.25, -0.2) is 4.98 Å². The summed E-state index contributed by atoms with van der Waals surface area (Å²) in [5.74, 6) is 0.258. The van der Waals surface area contributed by atoms with Crippen molar-refractivity contribution in [2.45, 2.75) is 32.4 Å². The van der Waals surface area contributed by atoms with Gasteiger partial charge in [0, 0.05) is 26.4 Å². The zero-order valence-electron chi connectivity index (χ0n) is 14.0. The van der Waals surface area contributed by atoms with Gasteiger partial charge >= 0.3 is 0 Å². The molecule has 2 aromatic rings. The standard InChI is InChI=1S/C16H24N4O3/c1-16(2,22)7-8-20-13-6-5-11(9-12(13)18-15(20)17)19(3)14(21)10-23-4/h5-6,9,22H,7-8,10H2,1-4H3,(H2,17,18). The van der Waals surface area contributed by atoms with Crippen LogP contribution in [-0.4, -0.2) is 46.9 Å². The van der Waals surface area contributed by atoms with Gasteiger partial charge in [0.15, 0.2) is 0 Å². The first-order valence-electron chi connectivity index (χ1n) is 7.46. The van der Waals surface area contributed by atoms with Crippen LogP contribution in [0.4, 0.5) is 11.6 Å². The van der Waals surface area contributed by atoms with Gasteiger partial charge in [-0.2, -0.15) is 0 Å². The molecule has 0 aliphatic rings. The fourth-order valence-corrected chi connectivity index (χ4v) is 2.33. The molecule has 3 N–H and O–H groups in total. The van der Waals surface area contributed by atoms with Gasteiger partial charge in [0.25, 0.3) is 5.91 Å². The fraction of sp³-hybridized carbons (Fsp3) is 0.500. The van der Waals surface area contributed by atoms with Crippen LogP contribution in [-0.2, 0) is 16.1 Å². The molecule has 0 unspecified atom stereocenters. The summed E-state index contributed by atoms with van der Waals surface area (Å²) in [6.45, 7) is 4.12.